The highest BCUT2D eigenvalue weighted by atomic mass is 32.2. The van der Waals surface area contributed by atoms with Gasteiger partial charge in [0.2, 0.25) is 10.0 Å². The van der Waals surface area contributed by atoms with Crippen molar-refractivity contribution in [2.45, 2.75) is 38.6 Å². The van der Waals surface area contributed by atoms with Crippen molar-refractivity contribution in [3.05, 3.63) is 29.6 Å². The molecule has 1 atom stereocenters. The maximum Gasteiger partial charge on any atom is 0.211 e. The van der Waals surface area contributed by atoms with E-state index in [0.717, 1.165) is 56.8 Å². The summed E-state index contributed by atoms with van der Waals surface area (Å²) in [4.78, 5) is 6.45. The van der Waals surface area contributed by atoms with Crippen LogP contribution in [0.1, 0.15) is 31.2 Å². The Morgan fingerprint density at radius 3 is 2.63 bits per heavy atom. The fourth-order valence-corrected chi connectivity index (χ4v) is 5.13. The zero-order chi connectivity index (χ0) is 21.7. The molecule has 2 aliphatic rings. The van der Waals surface area contributed by atoms with Crippen LogP contribution >= 0.6 is 0 Å². The van der Waals surface area contributed by atoms with Gasteiger partial charge in [-0.05, 0) is 56.2 Å². The molecule has 0 aliphatic carbocycles. The van der Waals surface area contributed by atoms with E-state index in [9.17, 15) is 12.8 Å². The van der Waals surface area contributed by atoms with Crippen LogP contribution in [0.5, 0.6) is 0 Å². The average molecular weight is 440 g/mol. The molecule has 3 rings (SSSR count). The van der Waals surface area contributed by atoms with Gasteiger partial charge >= 0.3 is 0 Å². The lowest BCUT2D eigenvalue weighted by Gasteiger charge is -2.36. The van der Waals surface area contributed by atoms with Crippen molar-refractivity contribution in [1.82, 2.24) is 14.9 Å². The minimum atomic E-state index is -3.09. The maximum atomic E-state index is 14.3. The number of nitrogens with zero attached hydrogens (tertiary/aromatic N) is 3. The Kier molecular flexibility index (Phi) is 7.57. The smallest absolute Gasteiger partial charge is 0.211 e. The van der Waals surface area contributed by atoms with Gasteiger partial charge in [0.1, 0.15) is 5.82 Å². The first kappa shape index (κ1) is 22.8. The highest BCUT2D eigenvalue weighted by molar-refractivity contribution is 7.88. The number of piperidine rings is 2. The molecule has 2 saturated heterocycles. The van der Waals surface area contributed by atoms with Crippen LogP contribution in [0, 0.1) is 18.7 Å². The van der Waals surface area contributed by atoms with E-state index in [1.165, 1.54) is 12.3 Å². The zero-order valence-corrected chi connectivity index (χ0v) is 19.0. The fraction of sp³-hybridized carbons (Fsp3) is 0.667. The molecular formula is C21H34FN5O2S. The van der Waals surface area contributed by atoms with Crippen LogP contribution in [-0.2, 0) is 10.0 Å². The summed E-state index contributed by atoms with van der Waals surface area (Å²) >= 11 is 0. The molecule has 0 aromatic heterocycles. The SMILES string of the molecule is CN=C(NCC1CCN(S(C)(=O)=O)CC1)NC1CCCN(c2cc(C)ccc2F)C1. The molecule has 0 bridgehead atoms. The quantitative estimate of drug-likeness (QED) is 0.542. The number of nitrogens with one attached hydrogen (secondary N) is 2. The van der Waals surface area contributed by atoms with E-state index < -0.39 is 10.0 Å². The van der Waals surface area contributed by atoms with E-state index in [2.05, 4.69) is 20.5 Å². The van der Waals surface area contributed by atoms with Crippen molar-refractivity contribution in [2.75, 3.05) is 50.9 Å². The molecule has 2 heterocycles. The first-order chi connectivity index (χ1) is 14.3. The summed E-state index contributed by atoms with van der Waals surface area (Å²) in [5.74, 6) is 0.993. The number of guanidine groups is 1. The summed E-state index contributed by atoms with van der Waals surface area (Å²) in [5, 5.41) is 6.87. The van der Waals surface area contributed by atoms with E-state index in [4.69, 9.17) is 0 Å². The third-order valence-corrected chi connectivity index (χ3v) is 7.33. The summed E-state index contributed by atoms with van der Waals surface area (Å²) in [6.07, 6.45) is 4.97. The highest BCUT2D eigenvalue weighted by Gasteiger charge is 2.26. The third-order valence-electron chi connectivity index (χ3n) is 6.03. The van der Waals surface area contributed by atoms with Gasteiger partial charge in [-0.2, -0.15) is 0 Å². The highest BCUT2D eigenvalue weighted by Crippen LogP contribution is 2.24. The van der Waals surface area contributed by atoms with Crippen LogP contribution in [0.15, 0.2) is 23.2 Å². The van der Waals surface area contributed by atoms with E-state index in [0.29, 0.717) is 24.7 Å². The molecule has 1 unspecified atom stereocenters. The summed E-state index contributed by atoms with van der Waals surface area (Å²) in [6.45, 7) is 5.49. The fourth-order valence-electron chi connectivity index (χ4n) is 4.25. The van der Waals surface area contributed by atoms with Crippen molar-refractivity contribution in [1.29, 1.82) is 0 Å². The predicted octanol–water partition coefficient (Wildman–Crippen LogP) is 1.94. The molecule has 1 aromatic rings. The Labute approximate surface area is 179 Å². The number of rotatable bonds is 5. The summed E-state index contributed by atoms with van der Waals surface area (Å²) in [6, 6.07) is 5.44. The van der Waals surface area contributed by atoms with Crippen LogP contribution < -0.4 is 15.5 Å². The van der Waals surface area contributed by atoms with Crippen molar-refractivity contribution >= 4 is 21.7 Å². The summed E-state index contributed by atoms with van der Waals surface area (Å²) in [7, 11) is -1.34. The summed E-state index contributed by atoms with van der Waals surface area (Å²) < 4.78 is 39.2. The molecule has 168 valence electrons. The number of sulfonamides is 1. The lowest BCUT2D eigenvalue weighted by atomic mass is 9.98. The second-order valence-electron chi connectivity index (χ2n) is 8.44. The van der Waals surface area contributed by atoms with Gasteiger partial charge in [-0.15, -0.1) is 0 Å². The van der Waals surface area contributed by atoms with E-state index in [1.54, 1.807) is 17.4 Å². The molecule has 0 spiro atoms. The Morgan fingerprint density at radius 2 is 1.97 bits per heavy atom. The standard InChI is InChI=1S/C21H34FN5O2S/c1-16-6-7-19(22)20(13-16)26-10-4-5-18(15-26)25-21(23-2)24-14-17-8-11-27(12-9-17)30(3,28)29/h6-7,13,17-18H,4-5,8-12,14-15H2,1-3H3,(H2,23,24,25). The minimum Gasteiger partial charge on any atom is -0.367 e. The predicted molar refractivity (Wildman–Crippen MR) is 120 cm³/mol. The van der Waals surface area contributed by atoms with Gasteiger partial charge in [0.05, 0.1) is 11.9 Å². The van der Waals surface area contributed by atoms with Gasteiger partial charge in [0.25, 0.3) is 0 Å². The molecule has 0 radical (unpaired) electrons. The first-order valence-electron chi connectivity index (χ1n) is 10.7. The molecule has 7 nitrogen and oxygen atoms in total. The first-order valence-corrected chi connectivity index (χ1v) is 12.5. The van der Waals surface area contributed by atoms with E-state index >= 15 is 0 Å². The summed E-state index contributed by atoms with van der Waals surface area (Å²) in [5.41, 5.74) is 1.72. The number of hydrogen-bond donors (Lipinski definition) is 2. The van der Waals surface area contributed by atoms with Gasteiger partial charge in [-0.1, -0.05) is 6.07 Å². The molecule has 2 aliphatic heterocycles. The van der Waals surface area contributed by atoms with Crippen LogP contribution in [-0.4, -0.2) is 70.8 Å². The topological polar surface area (TPSA) is 77.0 Å². The Hall–Kier alpha value is -1.87. The molecule has 2 N–H and O–H groups in total. The van der Waals surface area contributed by atoms with Crippen LogP contribution in [0.4, 0.5) is 10.1 Å². The number of halogens is 1. The Balaban J connectivity index is 1.49. The van der Waals surface area contributed by atoms with Gasteiger partial charge in [-0.3, -0.25) is 4.99 Å². The lowest BCUT2D eigenvalue weighted by molar-refractivity contribution is 0.274. The molecule has 30 heavy (non-hydrogen) atoms. The minimum absolute atomic E-state index is 0.177. The molecule has 9 heteroatoms. The number of anilines is 1. The molecule has 2 fully saturated rings. The van der Waals surface area contributed by atoms with Gasteiger partial charge in [0.15, 0.2) is 5.96 Å². The number of aliphatic imine (C=N–C) groups is 1. The van der Waals surface area contributed by atoms with Crippen LogP contribution in [0.25, 0.3) is 0 Å². The average Bonchev–Trinajstić information content (AvgIpc) is 2.72. The monoisotopic (exact) mass is 439 g/mol. The Morgan fingerprint density at radius 1 is 1.23 bits per heavy atom. The van der Waals surface area contributed by atoms with E-state index in [-0.39, 0.29) is 11.9 Å². The number of benzene rings is 1. The third kappa shape index (κ3) is 6.07. The lowest BCUT2D eigenvalue weighted by Crippen LogP contribution is -2.52. The van der Waals surface area contributed by atoms with E-state index in [1.807, 2.05) is 13.0 Å². The molecule has 0 amide bonds. The van der Waals surface area contributed by atoms with Crippen LogP contribution in [0.3, 0.4) is 0 Å². The van der Waals surface area contributed by atoms with Gasteiger partial charge in [-0.25, -0.2) is 17.1 Å². The largest absolute Gasteiger partial charge is 0.367 e. The van der Waals surface area contributed by atoms with Crippen molar-refractivity contribution in [3.8, 4) is 0 Å². The molecular weight excluding hydrogens is 405 g/mol. The molecule has 1 aromatic carbocycles. The second kappa shape index (κ2) is 9.96. The number of aryl methyl sites for hydroxylation is 1. The van der Waals surface area contributed by atoms with Crippen LogP contribution in [0.2, 0.25) is 0 Å². The number of hydrogen-bond acceptors (Lipinski definition) is 4. The Bertz CT molecular complexity index is 853. The van der Waals surface area contributed by atoms with Crippen molar-refractivity contribution < 1.29 is 12.8 Å². The molecule has 0 saturated carbocycles. The van der Waals surface area contributed by atoms with Crippen molar-refractivity contribution in [2.24, 2.45) is 10.9 Å². The zero-order valence-electron chi connectivity index (χ0n) is 18.2. The second-order valence-corrected chi connectivity index (χ2v) is 10.4. The van der Waals surface area contributed by atoms with Gasteiger partial charge < -0.3 is 15.5 Å². The van der Waals surface area contributed by atoms with Gasteiger partial charge in [0, 0.05) is 45.8 Å². The normalized spacial score (nSPS) is 22.2. The maximum absolute atomic E-state index is 14.3. The van der Waals surface area contributed by atoms with Crippen molar-refractivity contribution in [3.63, 3.8) is 0 Å².